The third kappa shape index (κ3) is 3.44. The smallest absolute Gasteiger partial charge is 0.326 e. The lowest BCUT2D eigenvalue weighted by atomic mass is 10.2. The highest BCUT2D eigenvalue weighted by molar-refractivity contribution is 5.92. The molecule has 1 amide bonds. The van der Waals surface area contributed by atoms with E-state index in [4.69, 9.17) is 0 Å². The van der Waals surface area contributed by atoms with Crippen molar-refractivity contribution in [2.24, 2.45) is 0 Å². The summed E-state index contributed by atoms with van der Waals surface area (Å²) in [6, 6.07) is 4.70. The molecule has 0 saturated carbocycles. The molecule has 4 heterocycles. The van der Waals surface area contributed by atoms with E-state index in [0.29, 0.717) is 37.8 Å². The number of rotatable bonds is 3. The Balaban J connectivity index is 1.42. The lowest BCUT2D eigenvalue weighted by Crippen LogP contribution is -2.49. The second-order valence-electron chi connectivity index (χ2n) is 5.87. The summed E-state index contributed by atoms with van der Waals surface area (Å²) in [4.78, 5) is 47.0. The number of anilines is 1. The van der Waals surface area contributed by atoms with Gasteiger partial charge in [-0.05, 0) is 12.1 Å². The summed E-state index contributed by atoms with van der Waals surface area (Å²) in [5.41, 5.74) is -1.33. The van der Waals surface area contributed by atoms with E-state index in [-0.39, 0.29) is 11.6 Å². The quantitative estimate of drug-likeness (QED) is 0.561. The molecule has 0 aliphatic carbocycles. The van der Waals surface area contributed by atoms with Gasteiger partial charge in [-0.25, -0.2) is 14.5 Å². The van der Waals surface area contributed by atoms with Gasteiger partial charge in [-0.15, -0.1) is 10.2 Å². The molecule has 3 aromatic heterocycles. The van der Waals surface area contributed by atoms with Gasteiger partial charge in [0.1, 0.15) is 18.3 Å². The molecule has 12 nitrogen and oxygen atoms in total. The molecule has 138 valence electrons. The Labute approximate surface area is 151 Å². The van der Waals surface area contributed by atoms with Crippen molar-refractivity contribution in [2.45, 2.75) is 0 Å². The lowest BCUT2D eigenvalue weighted by Gasteiger charge is -2.35. The van der Waals surface area contributed by atoms with Crippen LogP contribution in [0.2, 0.25) is 0 Å². The minimum atomic E-state index is -0.702. The molecule has 1 fully saturated rings. The Kier molecular flexibility index (Phi) is 4.20. The van der Waals surface area contributed by atoms with E-state index in [1.54, 1.807) is 11.0 Å². The zero-order valence-corrected chi connectivity index (χ0v) is 14.1. The molecule has 0 aromatic carbocycles. The number of H-pyrrole nitrogens is 2. The molecule has 0 bridgehead atoms. The van der Waals surface area contributed by atoms with Gasteiger partial charge in [-0.2, -0.15) is 5.10 Å². The predicted molar refractivity (Wildman–Crippen MR) is 92.7 cm³/mol. The van der Waals surface area contributed by atoms with Gasteiger partial charge in [0.25, 0.3) is 11.5 Å². The van der Waals surface area contributed by atoms with Gasteiger partial charge in [0.15, 0.2) is 11.6 Å². The number of hydrogen-bond donors (Lipinski definition) is 2. The van der Waals surface area contributed by atoms with Gasteiger partial charge < -0.3 is 14.8 Å². The molecule has 0 radical (unpaired) electrons. The summed E-state index contributed by atoms with van der Waals surface area (Å²) >= 11 is 0. The minimum absolute atomic E-state index is 0.0193. The van der Waals surface area contributed by atoms with Crippen LogP contribution in [0.5, 0.6) is 0 Å². The van der Waals surface area contributed by atoms with Crippen LogP contribution in [-0.2, 0) is 0 Å². The SMILES string of the molecule is O=C(c1cc(=O)[nH]c(=O)[nH]1)N1CCN(c2ccc(-n3cncn3)nn2)CC1. The first-order chi connectivity index (χ1) is 13.1. The summed E-state index contributed by atoms with van der Waals surface area (Å²) in [7, 11) is 0. The van der Waals surface area contributed by atoms with E-state index < -0.39 is 11.2 Å². The topological polar surface area (TPSA) is 146 Å². The Hall–Kier alpha value is -3.83. The van der Waals surface area contributed by atoms with Crippen molar-refractivity contribution in [3.05, 3.63) is 57.4 Å². The van der Waals surface area contributed by atoms with Gasteiger partial charge in [0.2, 0.25) is 0 Å². The number of carbonyl (C=O) groups is 1. The maximum atomic E-state index is 12.5. The highest BCUT2D eigenvalue weighted by atomic mass is 16.2. The summed E-state index contributed by atoms with van der Waals surface area (Å²) in [6.07, 6.45) is 2.95. The van der Waals surface area contributed by atoms with Crippen molar-refractivity contribution in [1.29, 1.82) is 0 Å². The molecule has 27 heavy (non-hydrogen) atoms. The molecule has 3 aromatic rings. The zero-order valence-electron chi connectivity index (χ0n) is 14.1. The van der Waals surface area contributed by atoms with Crippen LogP contribution >= 0.6 is 0 Å². The van der Waals surface area contributed by atoms with Crippen LogP contribution in [0, 0.1) is 0 Å². The Bertz CT molecular complexity index is 1020. The normalized spacial score (nSPS) is 14.4. The van der Waals surface area contributed by atoms with E-state index >= 15 is 0 Å². The highest BCUT2D eigenvalue weighted by Crippen LogP contribution is 2.14. The lowest BCUT2D eigenvalue weighted by molar-refractivity contribution is 0.0740. The summed E-state index contributed by atoms with van der Waals surface area (Å²) in [6.45, 7) is 1.97. The maximum Gasteiger partial charge on any atom is 0.326 e. The first-order valence-electron chi connectivity index (χ1n) is 8.17. The van der Waals surface area contributed by atoms with Crippen molar-refractivity contribution < 1.29 is 4.79 Å². The number of nitrogens with one attached hydrogen (secondary N) is 2. The van der Waals surface area contributed by atoms with E-state index in [2.05, 4.69) is 25.3 Å². The van der Waals surface area contributed by atoms with E-state index in [9.17, 15) is 14.4 Å². The first kappa shape index (κ1) is 16.6. The van der Waals surface area contributed by atoms with Crippen LogP contribution < -0.4 is 16.1 Å². The van der Waals surface area contributed by atoms with Crippen LogP contribution in [-0.4, -0.2) is 71.9 Å². The Morgan fingerprint density at radius 2 is 1.74 bits per heavy atom. The largest absolute Gasteiger partial charge is 0.352 e. The van der Waals surface area contributed by atoms with Crippen LogP contribution in [0.4, 0.5) is 5.82 Å². The monoisotopic (exact) mass is 369 g/mol. The van der Waals surface area contributed by atoms with E-state index in [1.807, 2.05) is 16.0 Å². The average molecular weight is 369 g/mol. The van der Waals surface area contributed by atoms with Crippen LogP contribution in [0.25, 0.3) is 5.82 Å². The van der Waals surface area contributed by atoms with Crippen molar-refractivity contribution >= 4 is 11.7 Å². The summed E-state index contributed by atoms with van der Waals surface area (Å²) < 4.78 is 1.51. The van der Waals surface area contributed by atoms with E-state index in [0.717, 1.165) is 6.07 Å². The second kappa shape index (κ2) is 6.82. The fourth-order valence-corrected chi connectivity index (χ4v) is 2.83. The predicted octanol–water partition coefficient (Wildman–Crippen LogP) is -1.60. The Morgan fingerprint density at radius 3 is 2.37 bits per heavy atom. The van der Waals surface area contributed by atoms with Crippen LogP contribution in [0.15, 0.2) is 40.4 Å². The number of aromatic amines is 2. The molecule has 0 spiro atoms. The number of nitrogens with zero attached hydrogens (tertiary/aromatic N) is 7. The zero-order chi connectivity index (χ0) is 18.8. The van der Waals surface area contributed by atoms with Gasteiger partial charge in [-0.1, -0.05) is 0 Å². The van der Waals surface area contributed by atoms with Gasteiger partial charge in [0.05, 0.1) is 0 Å². The first-order valence-corrected chi connectivity index (χ1v) is 8.17. The van der Waals surface area contributed by atoms with Gasteiger partial charge >= 0.3 is 5.69 Å². The molecule has 0 unspecified atom stereocenters. The maximum absolute atomic E-state index is 12.5. The highest BCUT2D eigenvalue weighted by Gasteiger charge is 2.24. The molecular formula is C15H15N9O3. The number of carbonyl (C=O) groups excluding carboxylic acids is 1. The number of aromatic nitrogens is 7. The standard InChI is InChI=1S/C15H15N9O3/c25-13-7-10(18-15(27)19-13)14(26)23-5-3-22(4-6-23)11-1-2-12(21-20-11)24-9-16-8-17-24/h1-2,7-9H,3-6H2,(H2,18,19,25,27). The fourth-order valence-electron chi connectivity index (χ4n) is 2.83. The van der Waals surface area contributed by atoms with Crippen molar-refractivity contribution in [3.63, 3.8) is 0 Å². The third-order valence-corrected chi connectivity index (χ3v) is 4.17. The van der Waals surface area contributed by atoms with E-state index in [1.165, 1.54) is 17.3 Å². The van der Waals surface area contributed by atoms with Crippen molar-refractivity contribution in [2.75, 3.05) is 31.1 Å². The van der Waals surface area contributed by atoms with Crippen LogP contribution in [0.1, 0.15) is 10.5 Å². The van der Waals surface area contributed by atoms with Crippen molar-refractivity contribution in [3.8, 4) is 5.82 Å². The second-order valence-corrected chi connectivity index (χ2v) is 5.87. The average Bonchev–Trinajstić information content (AvgIpc) is 3.22. The summed E-state index contributed by atoms with van der Waals surface area (Å²) in [5, 5.41) is 12.3. The molecular weight excluding hydrogens is 354 g/mol. The minimum Gasteiger partial charge on any atom is -0.352 e. The molecule has 0 atom stereocenters. The van der Waals surface area contributed by atoms with Crippen LogP contribution in [0.3, 0.4) is 0 Å². The third-order valence-electron chi connectivity index (χ3n) is 4.17. The molecule has 1 saturated heterocycles. The molecule has 1 aliphatic heterocycles. The summed E-state index contributed by atoms with van der Waals surface area (Å²) in [5.74, 6) is 0.865. The number of amides is 1. The molecule has 12 heteroatoms. The van der Waals surface area contributed by atoms with Gasteiger partial charge in [-0.3, -0.25) is 14.6 Å². The van der Waals surface area contributed by atoms with Crippen molar-refractivity contribution in [1.82, 2.24) is 39.8 Å². The molecule has 2 N–H and O–H groups in total. The number of piperazine rings is 1. The molecule has 1 aliphatic rings. The fraction of sp³-hybridized carbons (Fsp3) is 0.267. The number of hydrogen-bond acceptors (Lipinski definition) is 8. The van der Waals surface area contributed by atoms with Gasteiger partial charge in [0, 0.05) is 32.2 Å². The Morgan fingerprint density at radius 1 is 1.00 bits per heavy atom. The molecule has 4 rings (SSSR count).